The quantitative estimate of drug-likeness (QED) is 0.837. The van der Waals surface area contributed by atoms with Crippen molar-refractivity contribution in [1.82, 2.24) is 9.80 Å². The molecule has 2 rings (SSSR count). The molecule has 1 aliphatic heterocycles. The van der Waals surface area contributed by atoms with Crippen molar-refractivity contribution >= 4 is 11.6 Å². The predicted octanol–water partition coefficient (Wildman–Crippen LogP) is 1.59. The largest absolute Gasteiger partial charge is 0.493 e. The van der Waals surface area contributed by atoms with Crippen LogP contribution in [0.3, 0.4) is 0 Å². The van der Waals surface area contributed by atoms with Gasteiger partial charge in [0, 0.05) is 24.8 Å². The number of ether oxygens (including phenoxy) is 1. The number of amides is 1. The van der Waals surface area contributed by atoms with Crippen molar-refractivity contribution in [1.29, 1.82) is 0 Å². The second-order valence-electron chi connectivity index (χ2n) is 5.71. The zero-order valence-electron chi connectivity index (χ0n) is 12.9. The van der Waals surface area contributed by atoms with E-state index in [2.05, 4.69) is 11.9 Å². The molecule has 0 spiro atoms. The Morgan fingerprint density at radius 3 is 2.81 bits per heavy atom. The van der Waals surface area contributed by atoms with Crippen molar-refractivity contribution in [2.24, 2.45) is 0 Å². The van der Waals surface area contributed by atoms with E-state index in [9.17, 15) is 4.79 Å². The number of anilines is 1. The minimum Gasteiger partial charge on any atom is -0.493 e. The average molecular weight is 291 g/mol. The molecule has 116 valence electrons. The lowest BCUT2D eigenvalue weighted by molar-refractivity contribution is -0.133. The topological polar surface area (TPSA) is 58.8 Å². The first kappa shape index (κ1) is 15.6. The first-order valence-electron chi connectivity index (χ1n) is 7.49. The summed E-state index contributed by atoms with van der Waals surface area (Å²) in [6, 6.07) is 7.64. The van der Waals surface area contributed by atoms with Crippen LogP contribution in [0.5, 0.6) is 5.75 Å². The maximum Gasteiger partial charge on any atom is 0.225 e. The van der Waals surface area contributed by atoms with Gasteiger partial charge in [-0.1, -0.05) is 6.07 Å². The molecular formula is C16H25N3O2. The number of likely N-dealkylation sites (tertiary alicyclic amines) is 1. The van der Waals surface area contributed by atoms with Crippen molar-refractivity contribution in [3.63, 3.8) is 0 Å². The third-order valence-electron chi connectivity index (χ3n) is 4.07. The Balaban J connectivity index is 1.74. The average Bonchev–Trinajstić information content (AvgIpc) is 2.47. The third kappa shape index (κ3) is 4.63. The van der Waals surface area contributed by atoms with E-state index in [4.69, 9.17) is 10.5 Å². The molecular weight excluding hydrogens is 266 g/mol. The lowest BCUT2D eigenvalue weighted by atomic mass is 10.0. The first-order chi connectivity index (χ1) is 10.1. The maximum absolute atomic E-state index is 12.2. The highest BCUT2D eigenvalue weighted by atomic mass is 16.5. The van der Waals surface area contributed by atoms with Crippen LogP contribution in [0, 0.1) is 0 Å². The minimum atomic E-state index is 0.147. The fraction of sp³-hybridized carbons (Fsp3) is 0.562. The van der Waals surface area contributed by atoms with Gasteiger partial charge in [-0.25, -0.2) is 0 Å². The number of hydrogen-bond acceptors (Lipinski definition) is 4. The molecule has 0 radical (unpaired) electrons. The molecule has 1 heterocycles. The van der Waals surface area contributed by atoms with Crippen molar-refractivity contribution in [3.8, 4) is 5.75 Å². The molecule has 0 saturated carbocycles. The Kier molecular flexibility index (Phi) is 5.44. The van der Waals surface area contributed by atoms with E-state index in [1.807, 2.05) is 30.1 Å². The highest BCUT2D eigenvalue weighted by Crippen LogP contribution is 2.16. The molecule has 0 bridgehead atoms. The Morgan fingerprint density at radius 1 is 1.43 bits per heavy atom. The van der Waals surface area contributed by atoms with Crippen LogP contribution in [0.2, 0.25) is 0 Å². The van der Waals surface area contributed by atoms with Crippen LogP contribution in [0.25, 0.3) is 0 Å². The minimum absolute atomic E-state index is 0.147. The van der Waals surface area contributed by atoms with Crippen molar-refractivity contribution < 1.29 is 9.53 Å². The Morgan fingerprint density at radius 2 is 2.14 bits per heavy atom. The van der Waals surface area contributed by atoms with Crippen LogP contribution in [0.1, 0.15) is 19.3 Å². The number of nitrogen functional groups attached to an aromatic ring is 1. The molecule has 0 aliphatic carbocycles. The number of nitrogens with two attached hydrogens (primary N) is 1. The molecule has 1 fully saturated rings. The van der Waals surface area contributed by atoms with E-state index in [1.54, 1.807) is 6.07 Å². The summed E-state index contributed by atoms with van der Waals surface area (Å²) < 4.78 is 5.58. The predicted molar refractivity (Wildman–Crippen MR) is 84.3 cm³/mol. The summed E-state index contributed by atoms with van der Waals surface area (Å²) in [5.41, 5.74) is 6.36. The van der Waals surface area contributed by atoms with Crippen LogP contribution >= 0.6 is 0 Å². The maximum atomic E-state index is 12.2. The molecule has 21 heavy (non-hydrogen) atoms. The second-order valence-corrected chi connectivity index (χ2v) is 5.71. The Hall–Kier alpha value is -1.75. The molecule has 0 atom stereocenters. The van der Waals surface area contributed by atoms with Crippen molar-refractivity contribution in [2.45, 2.75) is 25.3 Å². The van der Waals surface area contributed by atoms with Crippen LogP contribution < -0.4 is 10.5 Å². The summed E-state index contributed by atoms with van der Waals surface area (Å²) in [6.07, 6.45) is 2.50. The molecule has 2 N–H and O–H groups in total. The number of carbonyl (C=O) groups is 1. The number of nitrogens with zero attached hydrogens (tertiary/aromatic N) is 2. The van der Waals surface area contributed by atoms with E-state index in [0.29, 0.717) is 30.5 Å². The number of hydrogen-bond donors (Lipinski definition) is 1. The van der Waals surface area contributed by atoms with Gasteiger partial charge in [-0.05, 0) is 45.1 Å². The van der Waals surface area contributed by atoms with Crippen LogP contribution in [0.15, 0.2) is 24.3 Å². The van der Waals surface area contributed by atoms with Gasteiger partial charge in [0.05, 0.1) is 13.0 Å². The van der Waals surface area contributed by atoms with Gasteiger partial charge in [0.25, 0.3) is 0 Å². The zero-order chi connectivity index (χ0) is 15.2. The number of piperidine rings is 1. The van der Waals surface area contributed by atoms with Gasteiger partial charge in [-0.15, -0.1) is 0 Å². The van der Waals surface area contributed by atoms with Gasteiger partial charge >= 0.3 is 0 Å². The standard InChI is InChI=1S/C16H25N3O2/c1-18-9-6-14(7-10-18)19(2)16(20)8-11-21-15-5-3-4-13(17)12-15/h3-5,12,14H,6-11,17H2,1-2H3. The van der Waals surface area contributed by atoms with Gasteiger partial charge in [0.2, 0.25) is 5.91 Å². The summed E-state index contributed by atoms with van der Waals surface area (Å²) >= 11 is 0. The normalized spacial score (nSPS) is 16.7. The van der Waals surface area contributed by atoms with E-state index in [0.717, 1.165) is 25.9 Å². The Bertz CT molecular complexity index is 470. The lowest BCUT2D eigenvalue weighted by Gasteiger charge is -2.35. The fourth-order valence-corrected chi connectivity index (χ4v) is 2.62. The monoisotopic (exact) mass is 291 g/mol. The van der Waals surface area contributed by atoms with Crippen LogP contribution in [-0.4, -0.2) is 55.5 Å². The highest BCUT2D eigenvalue weighted by Gasteiger charge is 2.23. The molecule has 0 aromatic heterocycles. The van der Waals surface area contributed by atoms with Crippen LogP contribution in [-0.2, 0) is 4.79 Å². The summed E-state index contributed by atoms with van der Waals surface area (Å²) in [4.78, 5) is 16.4. The molecule has 0 unspecified atom stereocenters. The first-order valence-corrected chi connectivity index (χ1v) is 7.49. The van der Waals surface area contributed by atoms with E-state index in [1.165, 1.54) is 0 Å². The van der Waals surface area contributed by atoms with Gasteiger partial charge in [0.15, 0.2) is 0 Å². The van der Waals surface area contributed by atoms with E-state index in [-0.39, 0.29) is 5.91 Å². The lowest BCUT2D eigenvalue weighted by Crippen LogP contribution is -2.44. The molecule has 5 nitrogen and oxygen atoms in total. The molecule has 5 heteroatoms. The Labute approximate surface area is 126 Å². The van der Waals surface area contributed by atoms with Gasteiger partial charge in [-0.3, -0.25) is 4.79 Å². The third-order valence-corrected chi connectivity index (χ3v) is 4.07. The number of carbonyl (C=O) groups excluding carboxylic acids is 1. The SMILES string of the molecule is CN1CCC(N(C)C(=O)CCOc2cccc(N)c2)CC1. The molecule has 1 aromatic carbocycles. The molecule has 1 aliphatic rings. The van der Waals surface area contributed by atoms with E-state index >= 15 is 0 Å². The zero-order valence-corrected chi connectivity index (χ0v) is 12.9. The fourth-order valence-electron chi connectivity index (χ4n) is 2.62. The van der Waals surface area contributed by atoms with E-state index < -0.39 is 0 Å². The molecule has 1 amide bonds. The summed E-state index contributed by atoms with van der Waals surface area (Å²) in [5.74, 6) is 0.859. The highest BCUT2D eigenvalue weighted by molar-refractivity contribution is 5.76. The van der Waals surface area contributed by atoms with Crippen molar-refractivity contribution in [3.05, 3.63) is 24.3 Å². The second kappa shape index (κ2) is 7.31. The number of benzene rings is 1. The summed E-state index contributed by atoms with van der Waals surface area (Å²) in [5, 5.41) is 0. The van der Waals surface area contributed by atoms with Gasteiger partial charge < -0.3 is 20.3 Å². The number of rotatable bonds is 5. The van der Waals surface area contributed by atoms with Gasteiger partial charge in [0.1, 0.15) is 5.75 Å². The molecule has 1 saturated heterocycles. The van der Waals surface area contributed by atoms with Crippen LogP contribution in [0.4, 0.5) is 5.69 Å². The summed E-state index contributed by atoms with van der Waals surface area (Å²) in [7, 11) is 4.02. The summed E-state index contributed by atoms with van der Waals surface area (Å²) in [6.45, 7) is 2.50. The van der Waals surface area contributed by atoms with Crippen molar-refractivity contribution in [2.75, 3.05) is 39.5 Å². The molecule has 1 aromatic rings. The van der Waals surface area contributed by atoms with Gasteiger partial charge in [-0.2, -0.15) is 0 Å². The smallest absolute Gasteiger partial charge is 0.225 e.